The van der Waals surface area contributed by atoms with Gasteiger partial charge in [0.1, 0.15) is 0 Å². The van der Waals surface area contributed by atoms with Crippen LogP contribution < -0.4 is 0 Å². The van der Waals surface area contributed by atoms with Gasteiger partial charge in [0.15, 0.2) is 5.90 Å². The molecule has 0 spiro atoms. The molecule has 0 amide bonds. The first-order valence-corrected chi connectivity index (χ1v) is 4.94. The molecule has 0 unspecified atom stereocenters. The van der Waals surface area contributed by atoms with E-state index in [2.05, 4.69) is 29.3 Å². The summed E-state index contributed by atoms with van der Waals surface area (Å²) in [5, 5.41) is 0. The first-order valence-electron chi connectivity index (χ1n) is 4.94. The third-order valence-corrected chi connectivity index (χ3v) is 2.63. The predicted molar refractivity (Wildman–Crippen MR) is 57.7 cm³/mol. The van der Waals surface area contributed by atoms with Gasteiger partial charge in [-0.25, -0.2) is 0 Å². The van der Waals surface area contributed by atoms with Crippen LogP contribution in [-0.4, -0.2) is 19.0 Å². The zero-order valence-corrected chi connectivity index (χ0v) is 8.60. The lowest BCUT2D eigenvalue weighted by Gasteiger charge is -1.98. The highest BCUT2D eigenvalue weighted by Crippen LogP contribution is 2.43. The third kappa shape index (κ3) is 1.95. The maximum absolute atomic E-state index is 5.04. The molecule has 74 valence electrons. The Kier molecular flexibility index (Phi) is 2.53. The van der Waals surface area contributed by atoms with E-state index in [0.29, 0.717) is 12.0 Å². The molecule has 1 saturated carbocycles. The van der Waals surface area contributed by atoms with Crippen molar-refractivity contribution in [2.45, 2.75) is 25.3 Å². The van der Waals surface area contributed by atoms with Gasteiger partial charge in [0.25, 0.3) is 0 Å². The number of methoxy groups -OCH3 is 1. The second kappa shape index (κ2) is 3.82. The van der Waals surface area contributed by atoms with Crippen LogP contribution in [0.3, 0.4) is 0 Å². The number of benzene rings is 1. The van der Waals surface area contributed by atoms with Crippen molar-refractivity contribution < 1.29 is 4.74 Å². The van der Waals surface area contributed by atoms with Crippen LogP contribution in [0, 0.1) is 0 Å². The Hall–Kier alpha value is -1.31. The van der Waals surface area contributed by atoms with Gasteiger partial charge in [-0.2, -0.15) is 0 Å². The van der Waals surface area contributed by atoms with Crippen LogP contribution in [-0.2, 0) is 4.74 Å². The summed E-state index contributed by atoms with van der Waals surface area (Å²) in [5.41, 5.74) is 1.39. The van der Waals surface area contributed by atoms with Crippen molar-refractivity contribution in [2.24, 2.45) is 4.99 Å². The average Bonchev–Trinajstić information content (AvgIpc) is 2.98. The quantitative estimate of drug-likeness (QED) is 0.517. The lowest BCUT2D eigenvalue weighted by Crippen LogP contribution is -1.96. The molecule has 0 aromatic heterocycles. The Labute approximate surface area is 84.6 Å². The number of hydrogen-bond donors (Lipinski definition) is 0. The Morgan fingerprint density at radius 3 is 2.71 bits per heavy atom. The summed E-state index contributed by atoms with van der Waals surface area (Å²) in [6.07, 6.45) is 1.16. The highest BCUT2D eigenvalue weighted by Gasteiger charge is 2.38. The van der Waals surface area contributed by atoms with E-state index in [4.69, 9.17) is 4.74 Å². The van der Waals surface area contributed by atoms with Crippen LogP contribution in [0.5, 0.6) is 0 Å². The normalized spacial score (nSPS) is 26.0. The highest BCUT2D eigenvalue weighted by atomic mass is 16.5. The van der Waals surface area contributed by atoms with Gasteiger partial charge in [0.05, 0.1) is 13.2 Å². The summed E-state index contributed by atoms with van der Waals surface area (Å²) in [4.78, 5) is 4.46. The van der Waals surface area contributed by atoms with Gasteiger partial charge in [-0.1, -0.05) is 30.3 Å². The zero-order chi connectivity index (χ0) is 9.97. The van der Waals surface area contributed by atoms with E-state index in [9.17, 15) is 0 Å². The van der Waals surface area contributed by atoms with Crippen LogP contribution in [0.1, 0.15) is 24.8 Å². The molecule has 0 radical (unpaired) electrons. The Balaban J connectivity index is 2.00. The summed E-state index contributed by atoms with van der Waals surface area (Å²) in [6.45, 7) is 1.90. The van der Waals surface area contributed by atoms with E-state index in [1.165, 1.54) is 5.56 Å². The molecular formula is C12H15NO. The first-order chi connectivity index (χ1) is 6.81. The number of nitrogens with zero attached hydrogens (tertiary/aromatic N) is 1. The first kappa shape index (κ1) is 9.25. The van der Waals surface area contributed by atoms with E-state index in [1.54, 1.807) is 7.11 Å². The molecule has 1 fully saturated rings. The van der Waals surface area contributed by atoms with Crippen molar-refractivity contribution in [1.29, 1.82) is 0 Å². The summed E-state index contributed by atoms with van der Waals surface area (Å²) >= 11 is 0. The lowest BCUT2D eigenvalue weighted by atomic mass is 10.1. The number of hydrogen-bond acceptors (Lipinski definition) is 2. The van der Waals surface area contributed by atoms with Gasteiger partial charge in [-0.3, -0.25) is 4.99 Å². The Morgan fingerprint density at radius 2 is 2.07 bits per heavy atom. The fraction of sp³-hybridized carbons (Fsp3) is 0.417. The molecule has 0 N–H and O–H groups in total. The van der Waals surface area contributed by atoms with Crippen molar-refractivity contribution in [2.75, 3.05) is 7.11 Å². The van der Waals surface area contributed by atoms with Crippen LogP contribution in [0.2, 0.25) is 0 Å². The van der Waals surface area contributed by atoms with E-state index in [0.717, 1.165) is 12.3 Å². The van der Waals surface area contributed by atoms with Gasteiger partial charge >= 0.3 is 0 Å². The Bertz CT molecular complexity index is 331. The van der Waals surface area contributed by atoms with Crippen molar-refractivity contribution in [3.63, 3.8) is 0 Å². The zero-order valence-electron chi connectivity index (χ0n) is 8.60. The molecule has 2 rings (SSSR count). The summed E-state index contributed by atoms with van der Waals surface area (Å²) < 4.78 is 5.04. The number of ether oxygens (including phenoxy) is 1. The minimum absolute atomic E-state index is 0.442. The molecule has 0 saturated heterocycles. The molecule has 2 heteroatoms. The fourth-order valence-electron chi connectivity index (χ4n) is 1.67. The largest absolute Gasteiger partial charge is 0.484 e. The molecule has 2 nitrogen and oxygen atoms in total. The van der Waals surface area contributed by atoms with E-state index >= 15 is 0 Å². The van der Waals surface area contributed by atoms with Crippen LogP contribution in [0.4, 0.5) is 0 Å². The molecule has 1 aliphatic carbocycles. The van der Waals surface area contributed by atoms with Gasteiger partial charge in [0, 0.05) is 12.8 Å². The van der Waals surface area contributed by atoms with Crippen molar-refractivity contribution in [3.8, 4) is 0 Å². The average molecular weight is 189 g/mol. The summed E-state index contributed by atoms with van der Waals surface area (Å²) in [7, 11) is 1.67. The number of aliphatic imine (C=N–C) groups is 1. The predicted octanol–water partition coefficient (Wildman–Crippen LogP) is 2.61. The van der Waals surface area contributed by atoms with E-state index in [1.807, 2.05) is 13.0 Å². The smallest absolute Gasteiger partial charge is 0.179 e. The van der Waals surface area contributed by atoms with Crippen molar-refractivity contribution in [1.82, 2.24) is 0 Å². The molecule has 1 aromatic carbocycles. The van der Waals surface area contributed by atoms with Gasteiger partial charge < -0.3 is 4.74 Å². The molecule has 0 aliphatic heterocycles. The SMILES string of the molecule is COC(C)=N[C@H]1C[C@H]1c1ccccc1. The van der Waals surface area contributed by atoms with Gasteiger partial charge in [0.2, 0.25) is 0 Å². The van der Waals surface area contributed by atoms with Crippen LogP contribution >= 0.6 is 0 Å². The lowest BCUT2D eigenvalue weighted by molar-refractivity contribution is 0.397. The molecule has 1 aliphatic rings. The van der Waals surface area contributed by atoms with Crippen LogP contribution in [0.15, 0.2) is 35.3 Å². The van der Waals surface area contributed by atoms with Gasteiger partial charge in [-0.05, 0) is 12.0 Å². The molecule has 1 aromatic rings. The van der Waals surface area contributed by atoms with Crippen molar-refractivity contribution >= 4 is 5.90 Å². The monoisotopic (exact) mass is 189 g/mol. The highest BCUT2D eigenvalue weighted by molar-refractivity contribution is 5.73. The maximum atomic E-state index is 5.04. The van der Waals surface area contributed by atoms with E-state index in [-0.39, 0.29) is 0 Å². The summed E-state index contributed by atoms with van der Waals surface area (Å²) in [6, 6.07) is 11.0. The molecule has 0 heterocycles. The van der Waals surface area contributed by atoms with Crippen LogP contribution in [0.25, 0.3) is 0 Å². The molecule has 2 atom stereocenters. The second-order valence-electron chi connectivity index (χ2n) is 3.67. The molecular weight excluding hydrogens is 174 g/mol. The maximum Gasteiger partial charge on any atom is 0.179 e. The van der Waals surface area contributed by atoms with Gasteiger partial charge in [-0.15, -0.1) is 0 Å². The second-order valence-corrected chi connectivity index (χ2v) is 3.67. The topological polar surface area (TPSA) is 21.6 Å². The van der Waals surface area contributed by atoms with Crippen molar-refractivity contribution in [3.05, 3.63) is 35.9 Å². The summed E-state index contributed by atoms with van der Waals surface area (Å²) in [5.74, 6) is 1.40. The standard InChI is InChI=1S/C12H15NO/c1-9(14-2)13-12-8-11(12)10-6-4-3-5-7-10/h3-7,11-12H,8H2,1-2H3/t11-,12-/m0/s1. The van der Waals surface area contributed by atoms with E-state index < -0.39 is 0 Å². The molecule has 14 heavy (non-hydrogen) atoms. The number of rotatable bonds is 2. The minimum Gasteiger partial charge on any atom is -0.484 e. The molecule has 0 bridgehead atoms. The third-order valence-electron chi connectivity index (χ3n) is 2.63. The Morgan fingerprint density at radius 1 is 1.36 bits per heavy atom. The fourth-order valence-corrected chi connectivity index (χ4v) is 1.67. The minimum atomic E-state index is 0.442.